The van der Waals surface area contributed by atoms with Crippen LogP contribution in [-0.2, 0) is 4.79 Å². The summed E-state index contributed by atoms with van der Waals surface area (Å²) in [6, 6.07) is 5.90. The molecule has 2 amide bonds. The number of hydrogen-bond donors (Lipinski definition) is 0. The van der Waals surface area contributed by atoms with Crippen LogP contribution in [0.15, 0.2) is 24.3 Å². The smallest absolute Gasteiger partial charge is 0.339 e. The third kappa shape index (κ3) is 2.32. The number of fused-ring (bicyclic) bond motifs is 2. The molecular formula is C17H15N5O4. The molecule has 132 valence electrons. The standard InChI is InChI=1S/C17H15N5O4/c1-10(23)20-6-8-21(9-7-20)17(26)22-14-13(18-19-22)15(24)11-4-2-3-5-12(11)16(14)25/h2-5H,6-9H2,1H3. The molecule has 0 bridgehead atoms. The Balaban J connectivity index is 1.65. The molecule has 1 aliphatic heterocycles. The van der Waals surface area contributed by atoms with Crippen molar-refractivity contribution in [3.63, 3.8) is 0 Å². The van der Waals surface area contributed by atoms with Gasteiger partial charge in [-0.25, -0.2) is 4.79 Å². The van der Waals surface area contributed by atoms with Gasteiger partial charge in [-0.05, 0) is 0 Å². The molecule has 26 heavy (non-hydrogen) atoms. The average Bonchev–Trinajstić information content (AvgIpc) is 3.11. The Bertz CT molecular complexity index is 956. The summed E-state index contributed by atoms with van der Waals surface area (Å²) in [5.41, 5.74) is 0.291. The molecule has 1 fully saturated rings. The number of aromatic nitrogens is 3. The number of carbonyl (C=O) groups excluding carboxylic acids is 4. The minimum atomic E-state index is -0.525. The third-order valence-corrected chi connectivity index (χ3v) is 4.69. The zero-order chi connectivity index (χ0) is 18.4. The van der Waals surface area contributed by atoms with Gasteiger partial charge < -0.3 is 9.80 Å². The van der Waals surface area contributed by atoms with Crippen LogP contribution in [0.2, 0.25) is 0 Å². The van der Waals surface area contributed by atoms with Gasteiger partial charge in [0.25, 0.3) is 0 Å². The molecule has 1 aliphatic carbocycles. The van der Waals surface area contributed by atoms with Crippen LogP contribution in [0.1, 0.15) is 39.0 Å². The van der Waals surface area contributed by atoms with Crippen LogP contribution in [0.3, 0.4) is 0 Å². The largest absolute Gasteiger partial charge is 0.346 e. The first-order valence-corrected chi connectivity index (χ1v) is 8.18. The van der Waals surface area contributed by atoms with Gasteiger partial charge in [-0.3, -0.25) is 14.4 Å². The van der Waals surface area contributed by atoms with E-state index in [0.717, 1.165) is 4.68 Å². The number of piperazine rings is 1. The summed E-state index contributed by atoms with van der Waals surface area (Å²) in [7, 11) is 0. The van der Waals surface area contributed by atoms with Crippen molar-refractivity contribution >= 4 is 23.5 Å². The first-order valence-electron chi connectivity index (χ1n) is 8.18. The number of ketones is 2. The second-order valence-corrected chi connectivity index (χ2v) is 6.18. The molecule has 9 heteroatoms. The first-order chi connectivity index (χ1) is 12.5. The molecular weight excluding hydrogens is 338 g/mol. The SMILES string of the molecule is CC(=O)N1CCN(C(=O)n2nnc3c2C(=O)c2ccccc2C3=O)CC1. The van der Waals surface area contributed by atoms with Crippen molar-refractivity contribution in [1.82, 2.24) is 24.8 Å². The zero-order valence-electron chi connectivity index (χ0n) is 14.0. The van der Waals surface area contributed by atoms with Crippen molar-refractivity contribution in [2.45, 2.75) is 6.92 Å². The Hall–Kier alpha value is -3.36. The van der Waals surface area contributed by atoms with Gasteiger partial charge in [0, 0.05) is 44.2 Å². The molecule has 1 aromatic carbocycles. The minimum absolute atomic E-state index is 0.0485. The van der Waals surface area contributed by atoms with E-state index in [1.165, 1.54) is 11.8 Å². The molecule has 0 spiro atoms. The van der Waals surface area contributed by atoms with E-state index in [0.29, 0.717) is 26.2 Å². The summed E-state index contributed by atoms with van der Waals surface area (Å²) in [4.78, 5) is 52.7. The average molecular weight is 353 g/mol. The van der Waals surface area contributed by atoms with E-state index in [4.69, 9.17) is 0 Å². The minimum Gasteiger partial charge on any atom is -0.339 e. The molecule has 0 N–H and O–H groups in total. The van der Waals surface area contributed by atoms with Gasteiger partial charge >= 0.3 is 6.03 Å². The summed E-state index contributed by atoms with van der Waals surface area (Å²) in [6.07, 6.45) is 0. The van der Waals surface area contributed by atoms with Gasteiger partial charge in [-0.2, -0.15) is 4.68 Å². The van der Waals surface area contributed by atoms with Crippen molar-refractivity contribution < 1.29 is 19.2 Å². The van der Waals surface area contributed by atoms with Gasteiger partial charge in [0.1, 0.15) is 0 Å². The lowest BCUT2D eigenvalue weighted by Crippen LogP contribution is -2.51. The van der Waals surface area contributed by atoms with Crippen molar-refractivity contribution in [1.29, 1.82) is 0 Å². The summed E-state index contributed by atoms with van der Waals surface area (Å²) < 4.78 is 0.898. The predicted molar refractivity (Wildman–Crippen MR) is 88.0 cm³/mol. The Kier molecular flexibility index (Phi) is 3.64. The van der Waals surface area contributed by atoms with Crippen LogP contribution in [0.5, 0.6) is 0 Å². The number of rotatable bonds is 0. The summed E-state index contributed by atoms with van der Waals surface area (Å²) >= 11 is 0. The maximum Gasteiger partial charge on any atom is 0.346 e. The molecule has 0 saturated carbocycles. The quantitative estimate of drug-likeness (QED) is 0.571. The van der Waals surface area contributed by atoms with Crippen LogP contribution >= 0.6 is 0 Å². The Morgan fingerprint density at radius 3 is 2.12 bits per heavy atom. The maximum absolute atomic E-state index is 12.8. The highest BCUT2D eigenvalue weighted by Crippen LogP contribution is 2.25. The molecule has 1 saturated heterocycles. The number of benzene rings is 1. The third-order valence-electron chi connectivity index (χ3n) is 4.69. The van der Waals surface area contributed by atoms with Crippen molar-refractivity contribution in [3.8, 4) is 0 Å². The van der Waals surface area contributed by atoms with Crippen LogP contribution in [0.4, 0.5) is 4.79 Å². The van der Waals surface area contributed by atoms with E-state index in [-0.39, 0.29) is 28.4 Å². The first kappa shape index (κ1) is 16.1. The lowest BCUT2D eigenvalue weighted by Gasteiger charge is -2.33. The van der Waals surface area contributed by atoms with Crippen LogP contribution in [-0.4, -0.2) is 74.5 Å². The predicted octanol–water partition coefficient (Wildman–Crippen LogP) is 0.186. The lowest BCUT2D eigenvalue weighted by molar-refractivity contribution is -0.130. The number of carbonyl (C=O) groups is 4. The normalized spacial score (nSPS) is 16.3. The molecule has 2 heterocycles. The van der Waals surface area contributed by atoms with Crippen molar-refractivity contribution in [2.24, 2.45) is 0 Å². The molecule has 1 aromatic heterocycles. The Labute approximate surface area is 148 Å². The second kappa shape index (κ2) is 5.87. The number of amides is 2. The van der Waals surface area contributed by atoms with Crippen molar-refractivity contribution in [2.75, 3.05) is 26.2 Å². The summed E-state index contributed by atoms with van der Waals surface area (Å²) in [5.74, 6) is -0.917. The van der Waals surface area contributed by atoms with E-state index in [1.807, 2.05) is 0 Å². The molecule has 0 atom stereocenters. The van der Waals surface area contributed by atoms with E-state index in [2.05, 4.69) is 10.3 Å². The topological polar surface area (TPSA) is 105 Å². The van der Waals surface area contributed by atoms with Crippen molar-refractivity contribution in [3.05, 3.63) is 46.8 Å². The second-order valence-electron chi connectivity index (χ2n) is 6.18. The van der Waals surface area contributed by atoms with Crippen LogP contribution < -0.4 is 0 Å². The van der Waals surface area contributed by atoms with Crippen LogP contribution in [0, 0.1) is 0 Å². The van der Waals surface area contributed by atoms with E-state index in [9.17, 15) is 19.2 Å². The molecule has 2 aromatic rings. The Morgan fingerprint density at radius 2 is 1.50 bits per heavy atom. The Morgan fingerprint density at radius 1 is 0.923 bits per heavy atom. The fraction of sp³-hybridized carbons (Fsp3) is 0.294. The molecule has 4 rings (SSSR count). The maximum atomic E-state index is 12.8. The van der Waals surface area contributed by atoms with Gasteiger partial charge in [0.2, 0.25) is 17.5 Å². The van der Waals surface area contributed by atoms with E-state index in [1.54, 1.807) is 29.2 Å². The van der Waals surface area contributed by atoms with Gasteiger partial charge in [0.05, 0.1) is 0 Å². The number of nitrogens with zero attached hydrogens (tertiary/aromatic N) is 5. The highest BCUT2D eigenvalue weighted by molar-refractivity contribution is 6.27. The summed E-state index contributed by atoms with van der Waals surface area (Å²) in [6.45, 7) is 2.95. The highest BCUT2D eigenvalue weighted by atomic mass is 16.2. The fourth-order valence-electron chi connectivity index (χ4n) is 3.25. The lowest BCUT2D eigenvalue weighted by atomic mass is 9.90. The van der Waals surface area contributed by atoms with Gasteiger partial charge in [0.15, 0.2) is 11.4 Å². The van der Waals surface area contributed by atoms with Gasteiger partial charge in [-0.15, -0.1) is 5.10 Å². The molecule has 2 aliphatic rings. The monoisotopic (exact) mass is 353 g/mol. The molecule has 0 radical (unpaired) electrons. The van der Waals surface area contributed by atoms with E-state index < -0.39 is 17.6 Å². The van der Waals surface area contributed by atoms with E-state index >= 15 is 0 Å². The van der Waals surface area contributed by atoms with Gasteiger partial charge in [-0.1, -0.05) is 29.5 Å². The molecule has 9 nitrogen and oxygen atoms in total. The highest BCUT2D eigenvalue weighted by Gasteiger charge is 2.37. The molecule has 0 unspecified atom stereocenters. The number of hydrogen-bond acceptors (Lipinski definition) is 6. The fourth-order valence-corrected chi connectivity index (χ4v) is 3.25. The zero-order valence-corrected chi connectivity index (χ0v) is 14.0. The summed E-state index contributed by atoms with van der Waals surface area (Å²) in [5, 5.41) is 7.54. The van der Waals surface area contributed by atoms with Crippen LogP contribution in [0.25, 0.3) is 0 Å².